The van der Waals surface area contributed by atoms with Gasteiger partial charge in [0.2, 0.25) is 11.8 Å². The van der Waals surface area contributed by atoms with Crippen LogP contribution in [0.5, 0.6) is 0 Å². The van der Waals surface area contributed by atoms with Gasteiger partial charge in [0.1, 0.15) is 12.1 Å². The van der Waals surface area contributed by atoms with Crippen LogP contribution in [0, 0.1) is 5.41 Å². The second-order valence-electron chi connectivity index (χ2n) is 10.2. The molecule has 3 amide bonds. The number of carboxylic acid groups (broad SMARTS) is 1. The fraction of sp³-hybridized carbons (Fsp3) is 0.583. The standard InChI is InChI=1S/C24H32FN3O6/c1-23(2,3)19(27-22(34)24(25)9-10-24)21(33)28-13-15(29)11-17(28)20(32)26-16(12-18(30)31)14-7-5-4-6-8-14/h4-8,15-17,19,29H,9-13H2,1-3H3,(H,26,32)(H,27,34)(H,30,31)/t15-,16+,17+,19+/m1/s1. The van der Waals surface area contributed by atoms with Gasteiger partial charge in [0.25, 0.3) is 5.91 Å². The van der Waals surface area contributed by atoms with E-state index in [0.29, 0.717) is 5.56 Å². The third-order valence-electron chi connectivity index (χ3n) is 6.25. The Morgan fingerprint density at radius 2 is 1.76 bits per heavy atom. The van der Waals surface area contributed by atoms with Crippen molar-refractivity contribution in [2.24, 2.45) is 5.41 Å². The zero-order valence-corrected chi connectivity index (χ0v) is 19.6. The summed E-state index contributed by atoms with van der Waals surface area (Å²) in [5.74, 6) is -3.17. The van der Waals surface area contributed by atoms with E-state index in [9.17, 15) is 33.8 Å². The Labute approximate surface area is 197 Å². The molecule has 34 heavy (non-hydrogen) atoms. The molecule has 0 aromatic heterocycles. The zero-order valence-electron chi connectivity index (χ0n) is 19.6. The second kappa shape index (κ2) is 9.69. The van der Waals surface area contributed by atoms with Crippen LogP contribution < -0.4 is 10.6 Å². The summed E-state index contributed by atoms with van der Waals surface area (Å²) >= 11 is 0. The summed E-state index contributed by atoms with van der Waals surface area (Å²) in [6.45, 7) is 5.02. The fourth-order valence-electron chi connectivity index (χ4n) is 4.10. The summed E-state index contributed by atoms with van der Waals surface area (Å²) in [5, 5.41) is 24.8. The van der Waals surface area contributed by atoms with Crippen LogP contribution in [0.15, 0.2) is 30.3 Å². The maximum Gasteiger partial charge on any atom is 0.305 e. The number of nitrogens with one attached hydrogen (secondary N) is 2. The highest BCUT2D eigenvalue weighted by Gasteiger charge is 2.53. The molecule has 9 nitrogen and oxygen atoms in total. The molecule has 0 spiro atoms. The molecule has 2 aliphatic rings. The van der Waals surface area contributed by atoms with Crippen molar-refractivity contribution in [1.29, 1.82) is 0 Å². The highest BCUT2D eigenvalue weighted by atomic mass is 19.1. The second-order valence-corrected chi connectivity index (χ2v) is 10.2. The number of carboxylic acids is 1. The van der Waals surface area contributed by atoms with Crippen molar-refractivity contribution < 1.29 is 33.8 Å². The number of nitrogens with zero attached hydrogens (tertiary/aromatic N) is 1. The molecule has 1 saturated heterocycles. The van der Waals surface area contributed by atoms with E-state index >= 15 is 0 Å². The third-order valence-corrected chi connectivity index (χ3v) is 6.25. The number of aliphatic hydroxyl groups excluding tert-OH is 1. The number of rotatable bonds is 8. The molecule has 3 rings (SSSR count). The van der Waals surface area contributed by atoms with Crippen LogP contribution >= 0.6 is 0 Å². The van der Waals surface area contributed by atoms with Crippen molar-refractivity contribution in [3.63, 3.8) is 0 Å². The van der Waals surface area contributed by atoms with Crippen molar-refractivity contribution in [3.05, 3.63) is 35.9 Å². The fourth-order valence-corrected chi connectivity index (χ4v) is 4.10. The first kappa shape index (κ1) is 25.6. The number of aliphatic hydroxyl groups is 1. The summed E-state index contributed by atoms with van der Waals surface area (Å²) < 4.78 is 14.3. The Kier molecular flexibility index (Phi) is 7.30. The minimum absolute atomic E-state index is 0.0377. The van der Waals surface area contributed by atoms with E-state index in [4.69, 9.17) is 0 Å². The quantitative estimate of drug-likeness (QED) is 0.446. The highest BCUT2D eigenvalue weighted by molar-refractivity contribution is 5.96. The topological polar surface area (TPSA) is 136 Å². The first-order valence-corrected chi connectivity index (χ1v) is 11.4. The van der Waals surface area contributed by atoms with E-state index in [1.165, 1.54) is 4.90 Å². The highest BCUT2D eigenvalue weighted by Crippen LogP contribution is 2.40. The van der Waals surface area contributed by atoms with Crippen LogP contribution in [0.25, 0.3) is 0 Å². The van der Waals surface area contributed by atoms with Gasteiger partial charge in [0.15, 0.2) is 5.67 Å². The van der Waals surface area contributed by atoms with Gasteiger partial charge < -0.3 is 25.7 Å². The van der Waals surface area contributed by atoms with Gasteiger partial charge in [-0.2, -0.15) is 0 Å². The summed E-state index contributed by atoms with van der Waals surface area (Å²) in [6, 6.07) is 5.58. The van der Waals surface area contributed by atoms with Gasteiger partial charge in [-0.15, -0.1) is 0 Å². The van der Waals surface area contributed by atoms with E-state index in [1.807, 2.05) is 0 Å². The Morgan fingerprint density at radius 1 is 1.15 bits per heavy atom. The largest absolute Gasteiger partial charge is 0.481 e. The Hall–Kier alpha value is -3.01. The van der Waals surface area contributed by atoms with E-state index in [2.05, 4.69) is 10.6 Å². The van der Waals surface area contributed by atoms with Crippen molar-refractivity contribution in [1.82, 2.24) is 15.5 Å². The van der Waals surface area contributed by atoms with Crippen LogP contribution in [0.3, 0.4) is 0 Å². The van der Waals surface area contributed by atoms with E-state index in [1.54, 1.807) is 51.1 Å². The molecule has 1 saturated carbocycles. The molecule has 1 aliphatic carbocycles. The molecule has 4 N–H and O–H groups in total. The first-order chi connectivity index (χ1) is 15.8. The van der Waals surface area contributed by atoms with E-state index in [-0.39, 0.29) is 32.2 Å². The third kappa shape index (κ3) is 5.91. The van der Waals surface area contributed by atoms with E-state index in [0.717, 1.165) is 0 Å². The molecule has 1 aromatic carbocycles. The molecule has 10 heteroatoms. The Morgan fingerprint density at radius 3 is 2.29 bits per heavy atom. The molecule has 1 heterocycles. The minimum atomic E-state index is -1.97. The Bertz CT molecular complexity index is 944. The molecule has 186 valence electrons. The van der Waals surface area contributed by atoms with Crippen molar-refractivity contribution in [2.45, 2.75) is 76.4 Å². The van der Waals surface area contributed by atoms with E-state index < -0.39 is 59.0 Å². The lowest BCUT2D eigenvalue weighted by atomic mass is 9.85. The molecule has 2 fully saturated rings. The summed E-state index contributed by atoms with van der Waals surface area (Å²) in [6.07, 6.45) is -1.17. The summed E-state index contributed by atoms with van der Waals surface area (Å²) in [4.78, 5) is 51.6. The molecule has 1 aromatic rings. The van der Waals surface area contributed by atoms with Gasteiger partial charge in [-0.25, -0.2) is 4.39 Å². The van der Waals surface area contributed by atoms with Gasteiger partial charge in [-0.05, 0) is 23.8 Å². The van der Waals surface area contributed by atoms with Crippen LogP contribution in [0.2, 0.25) is 0 Å². The normalized spacial score (nSPS) is 23.0. The number of benzene rings is 1. The molecule has 0 unspecified atom stereocenters. The maximum atomic E-state index is 14.3. The average Bonchev–Trinajstić information content (AvgIpc) is 3.39. The molecule has 1 aliphatic heterocycles. The minimum Gasteiger partial charge on any atom is -0.481 e. The SMILES string of the molecule is CC(C)(C)[C@@H](NC(=O)C1(F)CC1)C(=O)N1C[C@H](O)C[C@H]1C(=O)N[C@@H](CC(=O)O)c1ccccc1. The maximum absolute atomic E-state index is 14.3. The lowest BCUT2D eigenvalue weighted by molar-refractivity contribution is -0.145. The number of hydrogen-bond acceptors (Lipinski definition) is 5. The number of halogens is 1. The van der Waals surface area contributed by atoms with Crippen LogP contribution in [-0.2, 0) is 19.2 Å². The first-order valence-electron chi connectivity index (χ1n) is 11.4. The van der Waals surface area contributed by atoms with Crippen molar-refractivity contribution in [3.8, 4) is 0 Å². The van der Waals surface area contributed by atoms with Gasteiger partial charge in [0, 0.05) is 13.0 Å². The molecule has 0 bridgehead atoms. The Balaban J connectivity index is 1.80. The number of β-amino-alcohol motifs (C(OH)–C–C–N with tert-alkyl or cyclic N) is 1. The number of alkyl halides is 1. The smallest absolute Gasteiger partial charge is 0.305 e. The van der Waals surface area contributed by atoms with Crippen LogP contribution in [-0.4, -0.2) is 69.2 Å². The van der Waals surface area contributed by atoms with Crippen LogP contribution in [0.1, 0.15) is 58.1 Å². The van der Waals surface area contributed by atoms with Crippen molar-refractivity contribution >= 4 is 23.7 Å². The van der Waals surface area contributed by atoms with Gasteiger partial charge in [-0.1, -0.05) is 51.1 Å². The number of hydrogen-bond donors (Lipinski definition) is 4. The number of carbonyl (C=O) groups is 4. The van der Waals surface area contributed by atoms with Crippen molar-refractivity contribution in [2.75, 3.05) is 6.54 Å². The monoisotopic (exact) mass is 477 g/mol. The number of amides is 3. The average molecular weight is 478 g/mol. The molecular formula is C24H32FN3O6. The van der Waals surface area contributed by atoms with Gasteiger partial charge in [-0.3, -0.25) is 19.2 Å². The number of carbonyl (C=O) groups excluding carboxylic acids is 3. The molecular weight excluding hydrogens is 445 g/mol. The summed E-state index contributed by atoms with van der Waals surface area (Å²) in [5.41, 5.74) is -2.17. The lowest BCUT2D eigenvalue weighted by Gasteiger charge is -2.36. The molecule has 4 atom stereocenters. The summed E-state index contributed by atoms with van der Waals surface area (Å²) in [7, 11) is 0. The molecule has 0 radical (unpaired) electrons. The van der Waals surface area contributed by atoms with Gasteiger partial charge >= 0.3 is 5.97 Å². The van der Waals surface area contributed by atoms with Gasteiger partial charge in [0.05, 0.1) is 18.6 Å². The number of aliphatic carboxylic acids is 1. The zero-order chi connectivity index (χ0) is 25.3. The predicted molar refractivity (Wildman–Crippen MR) is 120 cm³/mol. The predicted octanol–water partition coefficient (Wildman–Crippen LogP) is 1.31. The number of likely N-dealkylation sites (tertiary alicyclic amines) is 1. The lowest BCUT2D eigenvalue weighted by Crippen LogP contribution is -2.59. The van der Waals surface area contributed by atoms with Crippen LogP contribution in [0.4, 0.5) is 4.39 Å².